The normalized spacial score (nSPS) is 12.7. The van der Waals surface area contributed by atoms with Crippen LogP contribution in [-0.2, 0) is 13.5 Å². The second-order valence-electron chi connectivity index (χ2n) is 4.46. The molecule has 0 aliphatic heterocycles. The molecular formula is C13H20N4S. The minimum absolute atomic E-state index is 0.299. The van der Waals surface area contributed by atoms with Gasteiger partial charge in [0.2, 0.25) is 0 Å². The average molecular weight is 264 g/mol. The van der Waals surface area contributed by atoms with Crippen molar-refractivity contribution in [3.05, 3.63) is 28.1 Å². The largest absolute Gasteiger partial charge is 0.394 e. The van der Waals surface area contributed by atoms with Crippen LogP contribution in [0.3, 0.4) is 0 Å². The lowest BCUT2D eigenvalue weighted by Crippen LogP contribution is -2.24. The van der Waals surface area contributed by atoms with Gasteiger partial charge in [-0.15, -0.1) is 11.3 Å². The quantitative estimate of drug-likeness (QED) is 0.923. The SMILES string of the molecule is CCc1nn(C)c(N(C)C(C)c2cccs2)c1N. The summed E-state index contributed by atoms with van der Waals surface area (Å²) in [5, 5.41) is 6.57. The number of hydrogen-bond donors (Lipinski definition) is 1. The van der Waals surface area contributed by atoms with Crippen molar-refractivity contribution in [2.75, 3.05) is 17.7 Å². The van der Waals surface area contributed by atoms with Crippen LogP contribution in [0.2, 0.25) is 0 Å². The van der Waals surface area contributed by atoms with Crippen LogP contribution in [-0.4, -0.2) is 16.8 Å². The van der Waals surface area contributed by atoms with Gasteiger partial charge >= 0.3 is 0 Å². The summed E-state index contributed by atoms with van der Waals surface area (Å²) in [6.45, 7) is 4.26. The van der Waals surface area contributed by atoms with Gasteiger partial charge in [-0.3, -0.25) is 4.68 Å². The average Bonchev–Trinajstić information content (AvgIpc) is 2.96. The monoisotopic (exact) mass is 264 g/mol. The standard InChI is InChI=1S/C13H20N4S/c1-5-10-12(14)13(17(4)15-10)16(3)9(2)11-7-6-8-18-11/h6-9H,5,14H2,1-4H3. The summed E-state index contributed by atoms with van der Waals surface area (Å²) < 4.78 is 1.87. The summed E-state index contributed by atoms with van der Waals surface area (Å²) >= 11 is 1.77. The van der Waals surface area contributed by atoms with Gasteiger partial charge in [0.1, 0.15) is 0 Å². The fourth-order valence-electron chi connectivity index (χ4n) is 2.17. The number of aryl methyl sites for hydroxylation is 2. The van der Waals surface area contributed by atoms with E-state index in [1.807, 2.05) is 11.7 Å². The van der Waals surface area contributed by atoms with Crippen molar-refractivity contribution in [2.24, 2.45) is 7.05 Å². The van der Waals surface area contributed by atoms with Crippen molar-refractivity contribution in [3.63, 3.8) is 0 Å². The fraction of sp³-hybridized carbons (Fsp3) is 0.462. The van der Waals surface area contributed by atoms with E-state index in [0.717, 1.165) is 23.6 Å². The molecule has 0 radical (unpaired) electrons. The Balaban J connectivity index is 2.34. The number of rotatable bonds is 4. The molecule has 4 nitrogen and oxygen atoms in total. The molecule has 0 bridgehead atoms. The van der Waals surface area contributed by atoms with Crippen molar-refractivity contribution in [1.29, 1.82) is 0 Å². The maximum atomic E-state index is 6.19. The Labute approximate surface area is 112 Å². The molecule has 2 aromatic rings. The maximum Gasteiger partial charge on any atom is 0.150 e. The summed E-state index contributed by atoms with van der Waals surface area (Å²) in [7, 11) is 4.01. The lowest BCUT2D eigenvalue weighted by molar-refractivity contribution is 0.677. The smallest absolute Gasteiger partial charge is 0.150 e. The number of anilines is 2. The van der Waals surface area contributed by atoms with E-state index < -0.39 is 0 Å². The molecule has 1 unspecified atom stereocenters. The van der Waals surface area contributed by atoms with Gasteiger partial charge < -0.3 is 10.6 Å². The van der Waals surface area contributed by atoms with E-state index in [2.05, 4.69) is 48.4 Å². The number of hydrogen-bond acceptors (Lipinski definition) is 4. The first-order valence-corrected chi connectivity index (χ1v) is 7.01. The van der Waals surface area contributed by atoms with E-state index in [4.69, 9.17) is 5.73 Å². The molecule has 2 N–H and O–H groups in total. The van der Waals surface area contributed by atoms with Crippen LogP contribution in [0.1, 0.15) is 30.5 Å². The van der Waals surface area contributed by atoms with Crippen LogP contribution in [0.4, 0.5) is 11.5 Å². The molecule has 0 fully saturated rings. The predicted octanol–water partition coefficient (Wildman–Crippen LogP) is 2.82. The molecule has 18 heavy (non-hydrogen) atoms. The molecule has 0 aliphatic carbocycles. The molecular weight excluding hydrogens is 244 g/mol. The number of thiophene rings is 1. The lowest BCUT2D eigenvalue weighted by atomic mass is 10.2. The van der Waals surface area contributed by atoms with Gasteiger partial charge in [-0.1, -0.05) is 13.0 Å². The minimum atomic E-state index is 0.299. The van der Waals surface area contributed by atoms with Crippen molar-refractivity contribution >= 4 is 22.8 Å². The van der Waals surface area contributed by atoms with E-state index in [-0.39, 0.29) is 0 Å². The maximum absolute atomic E-state index is 6.19. The third kappa shape index (κ3) is 2.10. The highest BCUT2D eigenvalue weighted by atomic mass is 32.1. The van der Waals surface area contributed by atoms with Crippen molar-refractivity contribution in [2.45, 2.75) is 26.3 Å². The van der Waals surface area contributed by atoms with Gasteiger partial charge in [0.25, 0.3) is 0 Å². The zero-order valence-corrected chi connectivity index (χ0v) is 12.2. The second kappa shape index (κ2) is 5.02. The molecule has 0 spiro atoms. The Bertz CT molecular complexity index is 515. The summed E-state index contributed by atoms with van der Waals surface area (Å²) in [6.07, 6.45) is 0.862. The number of aromatic nitrogens is 2. The zero-order valence-electron chi connectivity index (χ0n) is 11.3. The Kier molecular flexibility index (Phi) is 3.61. The van der Waals surface area contributed by atoms with E-state index in [1.165, 1.54) is 4.88 Å². The van der Waals surface area contributed by atoms with Gasteiger partial charge in [-0.05, 0) is 24.8 Å². The zero-order chi connectivity index (χ0) is 13.3. The fourth-order valence-corrected chi connectivity index (χ4v) is 2.99. The highest BCUT2D eigenvalue weighted by Gasteiger charge is 2.21. The van der Waals surface area contributed by atoms with Crippen LogP contribution in [0.5, 0.6) is 0 Å². The topological polar surface area (TPSA) is 47.1 Å². The highest BCUT2D eigenvalue weighted by molar-refractivity contribution is 7.10. The Morgan fingerprint density at radius 3 is 2.78 bits per heavy atom. The number of nitrogens with zero attached hydrogens (tertiary/aromatic N) is 3. The van der Waals surface area contributed by atoms with Crippen LogP contribution < -0.4 is 10.6 Å². The minimum Gasteiger partial charge on any atom is -0.394 e. The van der Waals surface area contributed by atoms with Gasteiger partial charge in [-0.25, -0.2) is 0 Å². The van der Waals surface area contributed by atoms with Crippen LogP contribution in [0.15, 0.2) is 17.5 Å². The van der Waals surface area contributed by atoms with Crippen molar-refractivity contribution in [3.8, 4) is 0 Å². The van der Waals surface area contributed by atoms with Crippen LogP contribution >= 0.6 is 11.3 Å². The Morgan fingerprint density at radius 1 is 1.56 bits per heavy atom. The number of nitrogen functional groups attached to an aromatic ring is 1. The highest BCUT2D eigenvalue weighted by Crippen LogP contribution is 2.33. The molecule has 0 amide bonds. The summed E-state index contributed by atoms with van der Waals surface area (Å²) in [5.74, 6) is 0.993. The van der Waals surface area contributed by atoms with Gasteiger partial charge in [-0.2, -0.15) is 5.10 Å². The third-order valence-electron chi connectivity index (χ3n) is 3.33. The van der Waals surface area contributed by atoms with E-state index >= 15 is 0 Å². The van der Waals surface area contributed by atoms with Gasteiger partial charge in [0.15, 0.2) is 5.82 Å². The molecule has 0 aliphatic rings. The molecule has 2 rings (SSSR count). The second-order valence-corrected chi connectivity index (χ2v) is 5.44. The first-order chi connectivity index (χ1) is 8.56. The summed E-state index contributed by atoms with van der Waals surface area (Å²) in [5.41, 5.74) is 7.95. The molecule has 2 aromatic heterocycles. The first kappa shape index (κ1) is 13.0. The number of nitrogens with two attached hydrogens (primary N) is 1. The molecule has 1 atom stereocenters. The summed E-state index contributed by atoms with van der Waals surface area (Å²) in [4.78, 5) is 3.52. The third-order valence-corrected chi connectivity index (χ3v) is 4.38. The summed E-state index contributed by atoms with van der Waals surface area (Å²) in [6, 6.07) is 4.53. The molecule has 0 aromatic carbocycles. The van der Waals surface area contributed by atoms with E-state index in [9.17, 15) is 0 Å². The molecule has 0 saturated heterocycles. The van der Waals surface area contributed by atoms with Crippen LogP contribution in [0.25, 0.3) is 0 Å². The predicted molar refractivity (Wildman–Crippen MR) is 78.1 cm³/mol. The van der Waals surface area contributed by atoms with Gasteiger partial charge in [0.05, 0.1) is 17.4 Å². The first-order valence-electron chi connectivity index (χ1n) is 6.13. The van der Waals surface area contributed by atoms with E-state index in [0.29, 0.717) is 6.04 Å². The van der Waals surface area contributed by atoms with E-state index in [1.54, 1.807) is 11.3 Å². The lowest BCUT2D eigenvalue weighted by Gasteiger charge is -2.26. The van der Waals surface area contributed by atoms with Crippen molar-refractivity contribution in [1.82, 2.24) is 9.78 Å². The Hall–Kier alpha value is -1.49. The molecule has 2 heterocycles. The molecule has 5 heteroatoms. The molecule has 98 valence electrons. The van der Waals surface area contributed by atoms with Crippen molar-refractivity contribution < 1.29 is 0 Å². The Morgan fingerprint density at radius 2 is 2.28 bits per heavy atom. The molecule has 0 saturated carbocycles. The van der Waals surface area contributed by atoms with Crippen LogP contribution in [0, 0.1) is 0 Å². The van der Waals surface area contributed by atoms with Gasteiger partial charge in [0, 0.05) is 19.0 Å².